The summed E-state index contributed by atoms with van der Waals surface area (Å²) in [7, 11) is 2.15. The lowest BCUT2D eigenvalue weighted by Gasteiger charge is -2.40. The van der Waals surface area contributed by atoms with E-state index in [1.165, 1.54) is 24.4 Å². The number of rotatable bonds is 5. The second-order valence-corrected chi connectivity index (χ2v) is 7.72. The van der Waals surface area contributed by atoms with E-state index < -0.39 is 5.97 Å². The number of hydrogen-bond donors (Lipinski definition) is 1. The number of nitrogens with two attached hydrogens (primary N) is 1. The Labute approximate surface area is 188 Å². The van der Waals surface area contributed by atoms with Gasteiger partial charge in [0.15, 0.2) is 11.5 Å². The van der Waals surface area contributed by atoms with Crippen LogP contribution in [0.1, 0.15) is 42.5 Å². The van der Waals surface area contributed by atoms with Gasteiger partial charge in [0, 0.05) is 37.9 Å². The van der Waals surface area contributed by atoms with Crippen molar-refractivity contribution in [1.82, 2.24) is 4.90 Å². The fourth-order valence-corrected chi connectivity index (χ4v) is 4.40. The smallest absolute Gasteiger partial charge is 0.311 e. The van der Waals surface area contributed by atoms with Gasteiger partial charge >= 0.3 is 11.9 Å². The van der Waals surface area contributed by atoms with Crippen LogP contribution in [0.4, 0.5) is 0 Å². The first-order valence-corrected chi connectivity index (χ1v) is 11.2. The third kappa shape index (κ3) is 4.76. The summed E-state index contributed by atoms with van der Waals surface area (Å²) < 4.78 is 11.2. The fourth-order valence-electron chi connectivity index (χ4n) is 4.40. The van der Waals surface area contributed by atoms with Gasteiger partial charge in [-0.05, 0) is 61.2 Å². The molecule has 2 aliphatic rings. The number of halogens is 1. The van der Waals surface area contributed by atoms with Crippen molar-refractivity contribution in [2.75, 3.05) is 26.5 Å². The van der Waals surface area contributed by atoms with Gasteiger partial charge in [0.25, 0.3) is 0 Å². The molecular formula is C24H29ClN2O4. The molecule has 1 heterocycles. The highest BCUT2D eigenvalue weighted by Crippen LogP contribution is 2.50. The first kappa shape index (κ1) is 23.3. The molecule has 6 nitrogen and oxygen atoms in total. The van der Waals surface area contributed by atoms with Crippen molar-refractivity contribution in [3.05, 3.63) is 47.0 Å². The molecule has 31 heavy (non-hydrogen) atoms. The van der Waals surface area contributed by atoms with E-state index in [1.54, 1.807) is 6.07 Å². The van der Waals surface area contributed by atoms with Gasteiger partial charge in [0.1, 0.15) is 0 Å². The molecule has 1 unspecified atom stereocenters. The number of alkyl halides is 1. The maximum absolute atomic E-state index is 12.2. The molecule has 0 saturated heterocycles. The summed E-state index contributed by atoms with van der Waals surface area (Å²) in [6, 6.07) is 10.3. The number of benzene rings is 2. The van der Waals surface area contributed by atoms with E-state index in [2.05, 4.69) is 35.7 Å². The van der Waals surface area contributed by atoms with Crippen molar-refractivity contribution in [3.63, 3.8) is 0 Å². The average Bonchev–Trinajstić information content (AvgIpc) is 2.77. The Morgan fingerprint density at radius 3 is 2.65 bits per heavy atom. The normalized spacial score (nSPS) is 16.4. The molecule has 0 bridgehead atoms. The van der Waals surface area contributed by atoms with Crippen molar-refractivity contribution < 1.29 is 19.1 Å². The fraction of sp³-hybridized carbons (Fsp3) is 0.417. The Morgan fingerprint density at radius 1 is 1.16 bits per heavy atom. The van der Waals surface area contributed by atoms with Crippen LogP contribution < -0.4 is 15.2 Å². The van der Waals surface area contributed by atoms with E-state index in [0.717, 1.165) is 36.1 Å². The van der Waals surface area contributed by atoms with Crippen LogP contribution in [0.2, 0.25) is 0 Å². The summed E-state index contributed by atoms with van der Waals surface area (Å²) in [5, 5.41) is 0. The van der Waals surface area contributed by atoms with Crippen LogP contribution in [0.5, 0.6) is 11.5 Å². The van der Waals surface area contributed by atoms with Gasteiger partial charge in [-0.2, -0.15) is 0 Å². The van der Waals surface area contributed by atoms with Gasteiger partial charge in [-0.1, -0.05) is 24.3 Å². The summed E-state index contributed by atoms with van der Waals surface area (Å²) >= 11 is 4.64. The molecule has 0 aromatic heterocycles. The highest BCUT2D eigenvalue weighted by Gasteiger charge is 2.35. The summed E-state index contributed by atoms with van der Waals surface area (Å²) in [5.74, 6) is -0.216. The number of nitrogens with zero attached hydrogens (tertiary/aromatic N) is 1. The lowest BCUT2D eigenvalue weighted by molar-refractivity contribution is -0.136. The van der Waals surface area contributed by atoms with Gasteiger partial charge in [-0.25, -0.2) is 0 Å². The van der Waals surface area contributed by atoms with Crippen LogP contribution >= 0.6 is 11.6 Å². The van der Waals surface area contributed by atoms with Crippen LogP contribution in [0.15, 0.2) is 30.3 Å². The first-order valence-electron chi connectivity index (χ1n) is 10.4. The molecule has 1 aliphatic carbocycles. The molecule has 2 N–H and O–H groups in total. The summed E-state index contributed by atoms with van der Waals surface area (Å²) in [5.41, 5.74) is 11.1. The Morgan fingerprint density at radius 2 is 1.94 bits per heavy atom. The zero-order chi connectivity index (χ0) is 22.5. The minimum atomic E-state index is -0.443. The minimum absolute atomic E-state index is 0.223. The Bertz CT molecular complexity index is 976. The van der Waals surface area contributed by atoms with Crippen molar-refractivity contribution in [2.45, 2.75) is 38.6 Å². The Balaban J connectivity index is 0.00000132. The highest BCUT2D eigenvalue weighted by atomic mass is 35.5. The second-order valence-electron chi connectivity index (χ2n) is 7.72. The Kier molecular flexibility index (Phi) is 7.70. The van der Waals surface area contributed by atoms with Crippen LogP contribution in [0, 0.1) is 0 Å². The highest BCUT2D eigenvalue weighted by molar-refractivity contribution is 6.15. The molecule has 4 rings (SSSR count). The molecular weight excluding hydrogens is 416 g/mol. The molecule has 2 aromatic carbocycles. The summed E-state index contributed by atoms with van der Waals surface area (Å²) in [4.78, 5) is 26.5. The molecule has 1 aliphatic heterocycles. The Hall–Kier alpha value is -2.41. The van der Waals surface area contributed by atoms with Crippen molar-refractivity contribution in [3.8, 4) is 22.6 Å². The predicted octanol–water partition coefficient (Wildman–Crippen LogP) is 3.86. The molecule has 2 aromatic rings. The van der Waals surface area contributed by atoms with E-state index in [9.17, 15) is 9.59 Å². The molecule has 0 radical (unpaired) electrons. The zero-order valence-corrected chi connectivity index (χ0v) is 19.0. The third-order valence-corrected chi connectivity index (χ3v) is 5.74. The molecule has 0 saturated carbocycles. The number of carbonyl (C=O) groups excluding carboxylic acids is 2. The van der Waals surface area contributed by atoms with Gasteiger partial charge in [-0.15, -0.1) is 11.6 Å². The van der Waals surface area contributed by atoms with Crippen LogP contribution in [0.25, 0.3) is 11.1 Å². The van der Waals surface area contributed by atoms with E-state index >= 15 is 0 Å². The number of hydrogen-bond acceptors (Lipinski definition) is 6. The maximum atomic E-state index is 12.2. The maximum Gasteiger partial charge on any atom is 0.311 e. The second kappa shape index (κ2) is 10.3. The molecule has 7 heteroatoms. The van der Waals surface area contributed by atoms with Gasteiger partial charge in [0.2, 0.25) is 0 Å². The zero-order valence-electron chi connectivity index (χ0n) is 18.2. The monoisotopic (exact) mass is 444 g/mol. The van der Waals surface area contributed by atoms with Gasteiger partial charge in [0.05, 0.1) is 0 Å². The van der Waals surface area contributed by atoms with E-state index in [0.29, 0.717) is 24.8 Å². The van der Waals surface area contributed by atoms with Gasteiger partial charge in [-0.3, -0.25) is 14.5 Å². The van der Waals surface area contributed by atoms with Crippen molar-refractivity contribution in [2.24, 2.45) is 5.73 Å². The third-order valence-electron chi connectivity index (χ3n) is 5.74. The average molecular weight is 445 g/mol. The summed E-state index contributed by atoms with van der Waals surface area (Å²) in [6.07, 6.45) is 4.06. The standard InChI is InChI=1S/C23H26N2O4.CH3Cl/c1-14(26)28-23-19(29-20(27)7-4-11-24)9-8-16-13-18-21-15(10-12-25(18)2)5-3-6-17(21)22(16)23;1-2/h3,5-6,8-9,18H,4,7,10-13,24H2,1-2H3;1H3. The number of carbonyl (C=O) groups is 2. The van der Waals surface area contributed by atoms with E-state index in [1.807, 2.05) is 12.1 Å². The van der Waals surface area contributed by atoms with Crippen molar-refractivity contribution in [1.29, 1.82) is 0 Å². The number of likely N-dealkylation sites (N-methyl/N-ethyl adjacent to an activating group) is 1. The predicted molar refractivity (Wildman–Crippen MR) is 122 cm³/mol. The quantitative estimate of drug-likeness (QED) is 0.428. The molecule has 1 atom stereocenters. The van der Waals surface area contributed by atoms with Crippen LogP contribution in [-0.2, 0) is 22.4 Å². The molecule has 0 amide bonds. The number of ether oxygens (including phenoxy) is 2. The minimum Gasteiger partial charge on any atom is -0.422 e. The van der Waals surface area contributed by atoms with Crippen molar-refractivity contribution >= 4 is 23.5 Å². The number of fused-ring (bicyclic) bond motifs is 2. The SMILES string of the molecule is CC(=O)Oc1c(OC(=O)CCCN)ccc2c1-c1cccc3c1C(C2)N(C)CC3.CCl. The lowest BCUT2D eigenvalue weighted by atomic mass is 9.77. The lowest BCUT2D eigenvalue weighted by Crippen LogP contribution is -2.35. The first-order chi connectivity index (χ1) is 15.0. The van der Waals surface area contributed by atoms with E-state index in [4.69, 9.17) is 15.2 Å². The van der Waals surface area contributed by atoms with E-state index in [-0.39, 0.29) is 18.1 Å². The largest absolute Gasteiger partial charge is 0.422 e. The molecule has 166 valence electrons. The van der Waals surface area contributed by atoms with Crippen LogP contribution in [-0.4, -0.2) is 43.4 Å². The topological polar surface area (TPSA) is 81.9 Å². The van der Waals surface area contributed by atoms with Crippen LogP contribution in [0.3, 0.4) is 0 Å². The molecule has 0 fully saturated rings. The molecule has 0 spiro atoms. The number of esters is 2. The summed E-state index contributed by atoms with van der Waals surface area (Å²) in [6.45, 7) is 2.80. The van der Waals surface area contributed by atoms with Gasteiger partial charge < -0.3 is 15.2 Å².